The van der Waals surface area contributed by atoms with Gasteiger partial charge < -0.3 is 19.3 Å². The molecule has 1 N–H and O–H groups in total. The number of methoxy groups -OCH3 is 1. The number of carbonyl (C=O) groups is 1. The fraction of sp³-hybridized carbons (Fsp3) is 0.0800. The van der Waals surface area contributed by atoms with E-state index >= 15 is 0 Å². The predicted octanol–water partition coefficient (Wildman–Crippen LogP) is 6.33. The first-order chi connectivity index (χ1) is 16.5. The van der Waals surface area contributed by atoms with Gasteiger partial charge in [0.15, 0.2) is 0 Å². The molecule has 2 aromatic heterocycles. The molecule has 4 aromatic rings. The van der Waals surface area contributed by atoms with Crippen LogP contribution in [0.1, 0.15) is 15.9 Å². The SMILES string of the molecule is COC(=O)c1ccc(Oc2ccc(Cl)cc2)nc1.OCc1ccc(Oc2ccc(Cl)cc2)nc1. The molecular formula is C25H20Cl2N2O5. The highest BCUT2D eigenvalue weighted by atomic mass is 35.5. The van der Waals surface area contributed by atoms with E-state index in [9.17, 15) is 4.79 Å². The van der Waals surface area contributed by atoms with Crippen molar-refractivity contribution in [2.45, 2.75) is 6.61 Å². The van der Waals surface area contributed by atoms with E-state index in [4.69, 9.17) is 37.8 Å². The first-order valence-corrected chi connectivity index (χ1v) is 10.7. The van der Waals surface area contributed by atoms with Gasteiger partial charge >= 0.3 is 5.97 Å². The molecule has 174 valence electrons. The van der Waals surface area contributed by atoms with Crippen molar-refractivity contribution in [1.29, 1.82) is 0 Å². The van der Waals surface area contributed by atoms with Gasteiger partial charge in [0.2, 0.25) is 11.8 Å². The van der Waals surface area contributed by atoms with Crippen LogP contribution in [0.4, 0.5) is 0 Å². The average molecular weight is 499 g/mol. The van der Waals surface area contributed by atoms with Gasteiger partial charge in [0.25, 0.3) is 0 Å². The lowest BCUT2D eigenvalue weighted by Gasteiger charge is -2.05. The second kappa shape index (κ2) is 12.6. The number of hydrogen-bond donors (Lipinski definition) is 1. The second-order valence-corrected chi connectivity index (χ2v) is 7.52. The van der Waals surface area contributed by atoms with E-state index in [1.807, 2.05) is 0 Å². The van der Waals surface area contributed by atoms with Crippen molar-refractivity contribution < 1.29 is 24.1 Å². The summed E-state index contributed by atoms with van der Waals surface area (Å²) in [4.78, 5) is 19.3. The van der Waals surface area contributed by atoms with Crippen LogP contribution >= 0.6 is 23.2 Å². The number of hydrogen-bond acceptors (Lipinski definition) is 7. The summed E-state index contributed by atoms with van der Waals surface area (Å²) in [5.74, 6) is 1.75. The minimum atomic E-state index is -0.430. The third-order valence-electron chi connectivity index (χ3n) is 4.21. The summed E-state index contributed by atoms with van der Waals surface area (Å²) < 4.78 is 15.5. The van der Waals surface area contributed by atoms with Gasteiger partial charge in [0.1, 0.15) is 11.5 Å². The van der Waals surface area contributed by atoms with Crippen LogP contribution in [0.3, 0.4) is 0 Å². The molecule has 2 aromatic carbocycles. The monoisotopic (exact) mass is 498 g/mol. The van der Waals surface area contributed by atoms with E-state index < -0.39 is 5.97 Å². The van der Waals surface area contributed by atoms with E-state index in [1.54, 1.807) is 79.0 Å². The molecule has 0 atom stereocenters. The molecule has 0 amide bonds. The van der Waals surface area contributed by atoms with Crippen LogP contribution in [-0.4, -0.2) is 28.2 Å². The minimum Gasteiger partial charge on any atom is -0.465 e. The van der Waals surface area contributed by atoms with Crippen molar-refractivity contribution in [3.05, 3.63) is 106 Å². The van der Waals surface area contributed by atoms with E-state index in [0.29, 0.717) is 38.9 Å². The topological polar surface area (TPSA) is 90.8 Å². The molecule has 0 bridgehead atoms. The van der Waals surface area contributed by atoms with E-state index in [-0.39, 0.29) is 6.61 Å². The molecule has 7 nitrogen and oxygen atoms in total. The van der Waals surface area contributed by atoms with Crippen LogP contribution in [0.5, 0.6) is 23.3 Å². The Bertz CT molecular complexity index is 1180. The number of pyridine rings is 2. The molecule has 0 aliphatic carbocycles. The molecule has 4 rings (SSSR count). The van der Waals surface area contributed by atoms with Crippen molar-refractivity contribution in [3.63, 3.8) is 0 Å². The fourth-order valence-electron chi connectivity index (χ4n) is 2.49. The van der Waals surface area contributed by atoms with Crippen LogP contribution in [0.15, 0.2) is 85.2 Å². The number of halogens is 2. The summed E-state index contributed by atoms with van der Waals surface area (Å²) in [6.45, 7) is -0.0196. The Labute approximate surface area is 206 Å². The van der Waals surface area contributed by atoms with Gasteiger partial charge in [-0.05, 0) is 66.2 Å². The van der Waals surface area contributed by atoms with Crippen LogP contribution in [-0.2, 0) is 11.3 Å². The molecule has 0 unspecified atom stereocenters. The van der Waals surface area contributed by atoms with Crippen LogP contribution in [0.2, 0.25) is 10.0 Å². The average Bonchev–Trinajstić information content (AvgIpc) is 2.88. The molecule has 0 saturated heterocycles. The smallest absolute Gasteiger partial charge is 0.339 e. The lowest BCUT2D eigenvalue weighted by molar-refractivity contribution is 0.0600. The van der Waals surface area contributed by atoms with Crippen molar-refractivity contribution in [3.8, 4) is 23.3 Å². The van der Waals surface area contributed by atoms with E-state index in [0.717, 1.165) is 5.56 Å². The van der Waals surface area contributed by atoms with Gasteiger partial charge in [0.05, 0.1) is 19.3 Å². The zero-order chi connectivity index (χ0) is 24.3. The maximum atomic E-state index is 11.2. The maximum absolute atomic E-state index is 11.2. The summed E-state index contributed by atoms with van der Waals surface area (Å²) in [6, 6.07) is 20.6. The summed E-state index contributed by atoms with van der Waals surface area (Å²) in [7, 11) is 1.32. The highest BCUT2D eigenvalue weighted by Gasteiger charge is 2.06. The first kappa shape index (κ1) is 25.0. The molecule has 0 spiro atoms. The van der Waals surface area contributed by atoms with Crippen LogP contribution in [0, 0.1) is 0 Å². The Kier molecular flexibility index (Phi) is 9.22. The van der Waals surface area contributed by atoms with Gasteiger partial charge in [-0.15, -0.1) is 0 Å². The number of carbonyl (C=O) groups excluding carboxylic acids is 1. The van der Waals surface area contributed by atoms with Gasteiger partial charge in [-0.1, -0.05) is 23.2 Å². The Balaban J connectivity index is 0.000000192. The summed E-state index contributed by atoms with van der Waals surface area (Å²) >= 11 is 11.5. The van der Waals surface area contributed by atoms with Crippen molar-refractivity contribution in [2.75, 3.05) is 7.11 Å². The molecule has 0 radical (unpaired) electrons. The maximum Gasteiger partial charge on any atom is 0.339 e. The predicted molar refractivity (Wildman–Crippen MR) is 129 cm³/mol. The van der Waals surface area contributed by atoms with Crippen LogP contribution < -0.4 is 9.47 Å². The number of aliphatic hydroxyl groups excluding tert-OH is 1. The first-order valence-electron chi connectivity index (χ1n) is 9.94. The zero-order valence-corrected chi connectivity index (χ0v) is 19.5. The minimum absolute atomic E-state index is 0.0196. The molecule has 2 heterocycles. The fourth-order valence-corrected chi connectivity index (χ4v) is 2.74. The largest absolute Gasteiger partial charge is 0.465 e. The van der Waals surface area contributed by atoms with Gasteiger partial charge in [-0.25, -0.2) is 14.8 Å². The molecule has 0 aliphatic heterocycles. The standard InChI is InChI=1S/C13H10ClNO3.C12H10ClNO2/c1-17-13(16)9-2-7-12(15-8-9)18-11-5-3-10(14)4-6-11;13-10-2-4-11(5-3-10)16-12-6-1-9(8-15)7-14-12/h2-8H,1H3;1-7,15H,8H2. The quantitative estimate of drug-likeness (QED) is 0.310. The number of rotatable bonds is 6. The number of nitrogens with zero attached hydrogens (tertiary/aromatic N) is 2. The third-order valence-corrected chi connectivity index (χ3v) is 4.71. The summed E-state index contributed by atoms with van der Waals surface area (Å²) in [6.07, 6.45) is 2.97. The summed E-state index contributed by atoms with van der Waals surface area (Å²) in [5, 5.41) is 10.2. The van der Waals surface area contributed by atoms with Crippen molar-refractivity contribution >= 4 is 29.2 Å². The number of esters is 1. The molecule has 0 fully saturated rings. The second-order valence-electron chi connectivity index (χ2n) is 6.65. The Morgan fingerprint density at radius 1 is 0.765 bits per heavy atom. The normalized spacial score (nSPS) is 10.0. The number of aromatic nitrogens is 2. The molecular weight excluding hydrogens is 479 g/mol. The van der Waals surface area contributed by atoms with Crippen LogP contribution in [0.25, 0.3) is 0 Å². The lowest BCUT2D eigenvalue weighted by Crippen LogP contribution is -2.01. The Morgan fingerprint density at radius 2 is 1.26 bits per heavy atom. The third kappa shape index (κ3) is 7.74. The molecule has 9 heteroatoms. The van der Waals surface area contributed by atoms with Crippen molar-refractivity contribution in [1.82, 2.24) is 9.97 Å². The molecule has 34 heavy (non-hydrogen) atoms. The number of benzene rings is 2. The molecule has 0 aliphatic rings. The van der Waals surface area contributed by atoms with Gasteiger partial charge in [-0.2, -0.15) is 0 Å². The van der Waals surface area contributed by atoms with Gasteiger partial charge in [-0.3, -0.25) is 0 Å². The highest BCUT2D eigenvalue weighted by molar-refractivity contribution is 6.30. The van der Waals surface area contributed by atoms with Gasteiger partial charge in [0, 0.05) is 34.6 Å². The van der Waals surface area contributed by atoms with E-state index in [1.165, 1.54) is 13.3 Å². The summed E-state index contributed by atoms with van der Waals surface area (Å²) in [5.41, 5.74) is 1.13. The highest BCUT2D eigenvalue weighted by Crippen LogP contribution is 2.22. The molecule has 0 saturated carbocycles. The lowest BCUT2D eigenvalue weighted by atomic mass is 10.3. The Hall–Kier alpha value is -3.65. The zero-order valence-electron chi connectivity index (χ0n) is 18.0. The van der Waals surface area contributed by atoms with Crippen molar-refractivity contribution in [2.24, 2.45) is 0 Å². The number of aliphatic hydroxyl groups is 1. The Morgan fingerprint density at radius 3 is 1.65 bits per heavy atom. The number of ether oxygens (including phenoxy) is 3. The van der Waals surface area contributed by atoms with E-state index in [2.05, 4.69) is 14.7 Å².